The summed E-state index contributed by atoms with van der Waals surface area (Å²) >= 11 is 0. The Morgan fingerprint density at radius 3 is 2.65 bits per heavy atom. The van der Waals surface area contributed by atoms with Crippen LogP contribution in [0.1, 0.15) is 10.6 Å². The Morgan fingerprint density at radius 1 is 1.30 bits per heavy atom. The molecule has 1 heterocycles. The van der Waals surface area contributed by atoms with E-state index in [1.807, 2.05) is 0 Å². The van der Waals surface area contributed by atoms with Crippen LogP contribution in [0.5, 0.6) is 0 Å². The smallest absolute Gasteiger partial charge is 0.328 e. The highest BCUT2D eigenvalue weighted by molar-refractivity contribution is 5.95. The van der Waals surface area contributed by atoms with E-state index >= 15 is 0 Å². The van der Waals surface area contributed by atoms with E-state index in [4.69, 9.17) is 14.6 Å². The molecule has 0 aliphatic carbocycles. The second-order valence-corrected chi connectivity index (χ2v) is 4.02. The molecule has 1 atom stereocenters. The van der Waals surface area contributed by atoms with Gasteiger partial charge in [0.1, 0.15) is 5.58 Å². The molecule has 0 fully saturated rings. The number of amides is 1. The van der Waals surface area contributed by atoms with Crippen molar-refractivity contribution in [1.29, 1.82) is 0 Å². The normalized spacial score (nSPS) is 12.1. The molecule has 0 aliphatic rings. The quantitative estimate of drug-likeness (QED) is 0.722. The van der Waals surface area contributed by atoms with E-state index in [0.29, 0.717) is 5.39 Å². The Kier molecular flexibility index (Phi) is 3.81. The minimum atomic E-state index is -1.46. The van der Waals surface area contributed by atoms with Crippen molar-refractivity contribution in [2.24, 2.45) is 0 Å². The molecule has 1 aromatic heterocycles. The molecule has 1 amide bonds. The largest absolute Gasteiger partial charge is 0.480 e. The topological polar surface area (TPSA) is 117 Å². The Bertz CT molecular complexity index is 720. The van der Waals surface area contributed by atoms with E-state index in [1.165, 1.54) is 6.07 Å². The standard InChI is InChI=1S/C13H11NO6/c15-6-8(13(18)19)14-12(17)11-5-9(16)7-3-1-2-4-10(7)20-11/h1-5,8,15H,6H2,(H,14,17)(H,18,19). The summed E-state index contributed by atoms with van der Waals surface area (Å²) < 4.78 is 5.24. The molecular weight excluding hydrogens is 266 g/mol. The van der Waals surface area contributed by atoms with Crippen molar-refractivity contribution in [3.05, 3.63) is 46.3 Å². The summed E-state index contributed by atoms with van der Waals surface area (Å²) in [6.45, 7) is -0.765. The Hall–Kier alpha value is -2.67. The number of nitrogens with one attached hydrogen (secondary N) is 1. The number of fused-ring (bicyclic) bond motifs is 1. The molecule has 0 radical (unpaired) electrons. The minimum Gasteiger partial charge on any atom is -0.480 e. The first kappa shape index (κ1) is 13.8. The highest BCUT2D eigenvalue weighted by Gasteiger charge is 2.21. The van der Waals surface area contributed by atoms with Gasteiger partial charge in [-0.3, -0.25) is 9.59 Å². The van der Waals surface area contributed by atoms with Crippen LogP contribution < -0.4 is 10.7 Å². The van der Waals surface area contributed by atoms with Gasteiger partial charge in [-0.15, -0.1) is 0 Å². The zero-order chi connectivity index (χ0) is 14.7. The molecular formula is C13H11NO6. The zero-order valence-electron chi connectivity index (χ0n) is 10.2. The lowest BCUT2D eigenvalue weighted by Gasteiger charge is -2.10. The molecule has 3 N–H and O–H groups in total. The molecule has 0 aliphatic heterocycles. The molecule has 7 nitrogen and oxygen atoms in total. The third-order valence-electron chi connectivity index (χ3n) is 2.64. The third kappa shape index (κ3) is 2.67. The molecule has 1 aromatic carbocycles. The number of carbonyl (C=O) groups is 2. The van der Waals surface area contributed by atoms with Crippen molar-refractivity contribution in [2.75, 3.05) is 6.61 Å². The SMILES string of the molecule is O=C(NC(CO)C(=O)O)c1cc(=O)c2ccccc2o1. The Labute approximate surface area is 112 Å². The average molecular weight is 277 g/mol. The van der Waals surface area contributed by atoms with Crippen LogP contribution in [0.25, 0.3) is 11.0 Å². The van der Waals surface area contributed by atoms with Gasteiger partial charge in [0.25, 0.3) is 5.91 Å². The van der Waals surface area contributed by atoms with E-state index in [0.717, 1.165) is 6.07 Å². The highest BCUT2D eigenvalue weighted by atomic mass is 16.4. The molecule has 0 bridgehead atoms. The van der Waals surface area contributed by atoms with Gasteiger partial charge in [0, 0.05) is 6.07 Å². The fourth-order valence-electron chi connectivity index (χ4n) is 1.63. The van der Waals surface area contributed by atoms with E-state index in [2.05, 4.69) is 5.32 Å². The lowest BCUT2D eigenvalue weighted by Crippen LogP contribution is -2.43. The molecule has 20 heavy (non-hydrogen) atoms. The zero-order valence-corrected chi connectivity index (χ0v) is 10.2. The number of rotatable bonds is 4. The van der Waals surface area contributed by atoms with Crippen LogP contribution in [0.4, 0.5) is 0 Å². The van der Waals surface area contributed by atoms with Crippen molar-refractivity contribution in [3.8, 4) is 0 Å². The van der Waals surface area contributed by atoms with E-state index in [1.54, 1.807) is 18.2 Å². The predicted molar refractivity (Wildman–Crippen MR) is 68.5 cm³/mol. The van der Waals surface area contributed by atoms with Gasteiger partial charge in [0.15, 0.2) is 17.2 Å². The van der Waals surface area contributed by atoms with Crippen LogP contribution >= 0.6 is 0 Å². The van der Waals surface area contributed by atoms with Crippen LogP contribution in [-0.2, 0) is 4.79 Å². The van der Waals surface area contributed by atoms with Crippen molar-refractivity contribution < 1.29 is 24.2 Å². The molecule has 2 rings (SSSR count). The number of para-hydroxylation sites is 1. The molecule has 104 valence electrons. The molecule has 2 aromatic rings. The first-order chi connectivity index (χ1) is 9.52. The predicted octanol–water partition coefficient (Wildman–Crippen LogP) is -0.0317. The number of aliphatic carboxylic acids is 1. The fraction of sp³-hybridized carbons (Fsp3) is 0.154. The number of benzene rings is 1. The van der Waals surface area contributed by atoms with E-state index in [-0.39, 0.29) is 11.3 Å². The summed E-state index contributed by atoms with van der Waals surface area (Å²) in [4.78, 5) is 34.3. The van der Waals surface area contributed by atoms with Crippen molar-refractivity contribution in [1.82, 2.24) is 5.32 Å². The number of carboxylic acids is 1. The van der Waals surface area contributed by atoms with Crippen LogP contribution in [0.3, 0.4) is 0 Å². The van der Waals surface area contributed by atoms with E-state index < -0.39 is 30.0 Å². The summed E-state index contributed by atoms with van der Waals surface area (Å²) in [5, 5.41) is 19.9. The fourth-order valence-corrected chi connectivity index (χ4v) is 1.63. The average Bonchev–Trinajstić information content (AvgIpc) is 2.44. The second kappa shape index (κ2) is 5.54. The monoisotopic (exact) mass is 277 g/mol. The van der Waals surface area contributed by atoms with Crippen molar-refractivity contribution >= 4 is 22.8 Å². The highest BCUT2D eigenvalue weighted by Crippen LogP contribution is 2.11. The molecule has 1 unspecified atom stereocenters. The maximum absolute atomic E-state index is 11.8. The first-order valence-electron chi connectivity index (χ1n) is 5.70. The number of aliphatic hydroxyl groups is 1. The van der Waals surface area contributed by atoms with Crippen molar-refractivity contribution in [2.45, 2.75) is 6.04 Å². The van der Waals surface area contributed by atoms with Gasteiger partial charge in [-0.05, 0) is 12.1 Å². The van der Waals surface area contributed by atoms with Crippen LogP contribution in [0, 0.1) is 0 Å². The van der Waals surface area contributed by atoms with Gasteiger partial charge in [0.05, 0.1) is 12.0 Å². The number of carboxylic acid groups (broad SMARTS) is 1. The molecule has 0 spiro atoms. The van der Waals surface area contributed by atoms with Gasteiger partial charge in [0.2, 0.25) is 0 Å². The summed E-state index contributed by atoms with van der Waals surface area (Å²) in [5.74, 6) is -2.58. The maximum atomic E-state index is 11.8. The number of aliphatic hydroxyl groups excluding tert-OH is 1. The number of carbonyl (C=O) groups excluding carboxylic acids is 1. The van der Waals surface area contributed by atoms with Gasteiger partial charge in [-0.25, -0.2) is 4.79 Å². The number of hydrogen-bond acceptors (Lipinski definition) is 5. The van der Waals surface area contributed by atoms with Gasteiger partial charge < -0.3 is 19.9 Å². The lowest BCUT2D eigenvalue weighted by atomic mass is 10.2. The Balaban J connectivity index is 2.36. The Morgan fingerprint density at radius 2 is 2.00 bits per heavy atom. The maximum Gasteiger partial charge on any atom is 0.328 e. The van der Waals surface area contributed by atoms with Crippen LogP contribution in [0.15, 0.2) is 39.5 Å². The minimum absolute atomic E-state index is 0.223. The third-order valence-corrected chi connectivity index (χ3v) is 2.64. The van der Waals surface area contributed by atoms with Crippen LogP contribution in [-0.4, -0.2) is 34.7 Å². The first-order valence-corrected chi connectivity index (χ1v) is 5.70. The van der Waals surface area contributed by atoms with Crippen molar-refractivity contribution in [3.63, 3.8) is 0 Å². The summed E-state index contributed by atoms with van der Waals surface area (Å²) in [6, 6.07) is 5.89. The molecule has 0 saturated carbocycles. The second-order valence-electron chi connectivity index (χ2n) is 4.02. The molecule has 0 saturated heterocycles. The summed E-state index contributed by atoms with van der Waals surface area (Å²) in [6.07, 6.45) is 0. The number of hydrogen-bond donors (Lipinski definition) is 3. The van der Waals surface area contributed by atoms with Gasteiger partial charge >= 0.3 is 5.97 Å². The van der Waals surface area contributed by atoms with Gasteiger partial charge in [-0.2, -0.15) is 0 Å². The molecule has 7 heteroatoms. The van der Waals surface area contributed by atoms with E-state index in [9.17, 15) is 14.4 Å². The lowest BCUT2D eigenvalue weighted by molar-refractivity contribution is -0.140. The summed E-state index contributed by atoms with van der Waals surface area (Å²) in [7, 11) is 0. The summed E-state index contributed by atoms with van der Waals surface area (Å²) in [5.41, 5.74) is -0.186. The van der Waals surface area contributed by atoms with Crippen LogP contribution in [0.2, 0.25) is 0 Å². The van der Waals surface area contributed by atoms with Gasteiger partial charge in [-0.1, -0.05) is 12.1 Å².